The molecule has 0 unspecified atom stereocenters. The highest BCUT2D eigenvalue weighted by Crippen LogP contribution is 2.29. The van der Waals surface area contributed by atoms with Crippen molar-refractivity contribution in [2.75, 3.05) is 32.7 Å². The maximum absolute atomic E-state index is 12.7. The standard InChI is InChI=1S/C19H22N4OS/c1-3-21-8-10-22(11-9-21)18(24)16-12-23-13-17(25-19(23)20-16)15-6-4-14(2)5-7-15/h4-7,12-13H,3,8-11H2,1-2H3. The molecule has 1 fully saturated rings. The first-order valence-corrected chi connectivity index (χ1v) is 9.53. The number of benzene rings is 1. The van der Waals surface area contributed by atoms with E-state index in [0.29, 0.717) is 5.69 Å². The van der Waals surface area contributed by atoms with Gasteiger partial charge < -0.3 is 9.80 Å². The molecule has 0 radical (unpaired) electrons. The highest BCUT2D eigenvalue weighted by atomic mass is 32.1. The molecule has 130 valence electrons. The van der Waals surface area contributed by atoms with Crippen molar-refractivity contribution in [2.45, 2.75) is 13.8 Å². The van der Waals surface area contributed by atoms with Gasteiger partial charge in [-0.2, -0.15) is 0 Å². The molecular weight excluding hydrogens is 332 g/mol. The van der Waals surface area contributed by atoms with E-state index >= 15 is 0 Å². The summed E-state index contributed by atoms with van der Waals surface area (Å²) in [6, 6.07) is 8.48. The van der Waals surface area contributed by atoms with Gasteiger partial charge in [0.25, 0.3) is 5.91 Å². The molecule has 1 saturated heterocycles. The minimum atomic E-state index is 0.0449. The van der Waals surface area contributed by atoms with Crippen molar-refractivity contribution in [3.63, 3.8) is 0 Å². The zero-order chi connectivity index (χ0) is 17.4. The Morgan fingerprint density at radius 1 is 1.12 bits per heavy atom. The Morgan fingerprint density at radius 2 is 1.84 bits per heavy atom. The van der Waals surface area contributed by atoms with Crippen LogP contribution in [0.3, 0.4) is 0 Å². The van der Waals surface area contributed by atoms with Gasteiger partial charge in [-0.1, -0.05) is 48.1 Å². The van der Waals surface area contributed by atoms with E-state index in [0.717, 1.165) is 42.6 Å². The number of thiazole rings is 1. The number of fused-ring (bicyclic) bond motifs is 1. The minimum Gasteiger partial charge on any atom is -0.335 e. The van der Waals surface area contributed by atoms with Crippen molar-refractivity contribution in [3.05, 3.63) is 47.9 Å². The molecule has 0 spiro atoms. The maximum Gasteiger partial charge on any atom is 0.274 e. The first-order valence-electron chi connectivity index (χ1n) is 8.71. The number of hydrogen-bond donors (Lipinski definition) is 0. The predicted molar refractivity (Wildman–Crippen MR) is 101 cm³/mol. The molecule has 1 aliphatic heterocycles. The van der Waals surface area contributed by atoms with E-state index in [-0.39, 0.29) is 5.91 Å². The molecule has 0 aliphatic carbocycles. The lowest BCUT2D eigenvalue weighted by Crippen LogP contribution is -2.48. The average Bonchev–Trinajstić information content (AvgIpc) is 3.21. The van der Waals surface area contributed by atoms with Crippen LogP contribution in [0.25, 0.3) is 15.4 Å². The summed E-state index contributed by atoms with van der Waals surface area (Å²) in [6.45, 7) is 8.75. The Balaban J connectivity index is 1.53. The van der Waals surface area contributed by atoms with Crippen molar-refractivity contribution >= 4 is 22.2 Å². The van der Waals surface area contributed by atoms with E-state index in [1.165, 1.54) is 11.1 Å². The summed E-state index contributed by atoms with van der Waals surface area (Å²) < 4.78 is 1.97. The van der Waals surface area contributed by atoms with Gasteiger partial charge in [-0.3, -0.25) is 9.20 Å². The van der Waals surface area contributed by atoms with Gasteiger partial charge in [0.05, 0.1) is 4.88 Å². The third-order valence-corrected chi connectivity index (χ3v) is 5.86. The van der Waals surface area contributed by atoms with Gasteiger partial charge in [0.2, 0.25) is 0 Å². The van der Waals surface area contributed by atoms with Crippen molar-refractivity contribution in [3.8, 4) is 10.4 Å². The summed E-state index contributed by atoms with van der Waals surface area (Å²) in [6.07, 6.45) is 3.92. The van der Waals surface area contributed by atoms with Crippen LogP contribution in [0.1, 0.15) is 23.0 Å². The molecule has 1 aliphatic rings. The van der Waals surface area contributed by atoms with Gasteiger partial charge in [-0.15, -0.1) is 0 Å². The Kier molecular flexibility index (Phi) is 4.31. The predicted octanol–water partition coefficient (Wildman–Crippen LogP) is 3.15. The second kappa shape index (κ2) is 6.61. The highest BCUT2D eigenvalue weighted by Gasteiger charge is 2.23. The number of carbonyl (C=O) groups is 1. The fourth-order valence-electron chi connectivity index (χ4n) is 3.18. The van der Waals surface area contributed by atoms with Crippen LogP contribution in [0, 0.1) is 6.92 Å². The lowest BCUT2D eigenvalue weighted by Gasteiger charge is -2.33. The molecular formula is C19H22N4OS. The first kappa shape index (κ1) is 16.3. The number of aryl methyl sites for hydroxylation is 1. The number of amides is 1. The number of piperazine rings is 1. The largest absolute Gasteiger partial charge is 0.335 e. The molecule has 0 N–H and O–H groups in total. The monoisotopic (exact) mass is 354 g/mol. The lowest BCUT2D eigenvalue weighted by atomic mass is 10.1. The van der Waals surface area contributed by atoms with Gasteiger partial charge in [0.15, 0.2) is 4.96 Å². The number of rotatable bonds is 3. The van der Waals surface area contributed by atoms with Gasteiger partial charge in [0.1, 0.15) is 5.69 Å². The first-order chi connectivity index (χ1) is 12.1. The quantitative estimate of drug-likeness (QED) is 0.725. The van der Waals surface area contributed by atoms with Gasteiger partial charge in [-0.05, 0) is 19.0 Å². The summed E-state index contributed by atoms with van der Waals surface area (Å²) in [4.78, 5) is 23.6. The summed E-state index contributed by atoms with van der Waals surface area (Å²) in [5, 5.41) is 0. The molecule has 25 heavy (non-hydrogen) atoms. The van der Waals surface area contributed by atoms with Crippen LogP contribution in [-0.2, 0) is 0 Å². The fraction of sp³-hybridized carbons (Fsp3) is 0.368. The van der Waals surface area contributed by atoms with E-state index in [2.05, 4.69) is 54.2 Å². The summed E-state index contributed by atoms with van der Waals surface area (Å²) in [7, 11) is 0. The third kappa shape index (κ3) is 3.19. The molecule has 3 heterocycles. The Bertz CT molecular complexity index is 856. The smallest absolute Gasteiger partial charge is 0.274 e. The molecule has 5 nitrogen and oxygen atoms in total. The Morgan fingerprint density at radius 3 is 2.48 bits per heavy atom. The highest BCUT2D eigenvalue weighted by molar-refractivity contribution is 7.20. The zero-order valence-electron chi connectivity index (χ0n) is 14.6. The summed E-state index contributed by atoms with van der Waals surface area (Å²) in [5.74, 6) is 0.0449. The number of imidazole rings is 1. The lowest BCUT2D eigenvalue weighted by molar-refractivity contribution is 0.0638. The molecule has 1 aromatic carbocycles. The van der Waals surface area contributed by atoms with E-state index in [1.807, 2.05) is 15.5 Å². The molecule has 3 aromatic rings. The van der Waals surface area contributed by atoms with E-state index in [4.69, 9.17) is 0 Å². The van der Waals surface area contributed by atoms with Crippen LogP contribution in [0.15, 0.2) is 36.7 Å². The van der Waals surface area contributed by atoms with E-state index in [9.17, 15) is 4.79 Å². The molecule has 0 saturated carbocycles. The van der Waals surface area contributed by atoms with Crippen LogP contribution >= 0.6 is 11.3 Å². The second-order valence-electron chi connectivity index (χ2n) is 6.50. The maximum atomic E-state index is 12.7. The minimum absolute atomic E-state index is 0.0449. The number of hydrogen-bond acceptors (Lipinski definition) is 4. The Labute approximate surface area is 151 Å². The van der Waals surface area contributed by atoms with Crippen LogP contribution in [-0.4, -0.2) is 57.8 Å². The van der Waals surface area contributed by atoms with Gasteiger partial charge >= 0.3 is 0 Å². The van der Waals surface area contributed by atoms with E-state index < -0.39 is 0 Å². The van der Waals surface area contributed by atoms with Crippen LogP contribution in [0.5, 0.6) is 0 Å². The van der Waals surface area contributed by atoms with Crippen molar-refractivity contribution in [2.24, 2.45) is 0 Å². The normalized spacial score (nSPS) is 15.8. The van der Waals surface area contributed by atoms with Crippen molar-refractivity contribution in [1.82, 2.24) is 19.2 Å². The molecule has 6 heteroatoms. The Hall–Kier alpha value is -2.18. The van der Waals surface area contributed by atoms with Gasteiger partial charge in [0, 0.05) is 38.6 Å². The molecule has 1 amide bonds. The average molecular weight is 354 g/mol. The van der Waals surface area contributed by atoms with Gasteiger partial charge in [-0.25, -0.2) is 4.98 Å². The zero-order valence-corrected chi connectivity index (χ0v) is 15.4. The summed E-state index contributed by atoms with van der Waals surface area (Å²) in [5.41, 5.74) is 2.98. The fourth-order valence-corrected chi connectivity index (χ4v) is 4.15. The van der Waals surface area contributed by atoms with Crippen LogP contribution in [0.4, 0.5) is 0 Å². The second-order valence-corrected chi connectivity index (χ2v) is 7.51. The SMILES string of the molecule is CCN1CCN(C(=O)c2cn3cc(-c4ccc(C)cc4)sc3n2)CC1. The van der Waals surface area contributed by atoms with Crippen LogP contribution in [0.2, 0.25) is 0 Å². The van der Waals surface area contributed by atoms with Crippen LogP contribution < -0.4 is 0 Å². The number of aromatic nitrogens is 2. The molecule has 4 rings (SSSR count). The van der Waals surface area contributed by atoms with Crippen molar-refractivity contribution in [1.29, 1.82) is 0 Å². The molecule has 0 bridgehead atoms. The van der Waals surface area contributed by atoms with E-state index in [1.54, 1.807) is 11.3 Å². The molecule has 0 atom stereocenters. The number of nitrogens with zero attached hydrogens (tertiary/aromatic N) is 4. The third-order valence-electron chi connectivity index (χ3n) is 4.82. The topological polar surface area (TPSA) is 40.9 Å². The number of likely N-dealkylation sites (N-methyl/N-ethyl adjacent to an activating group) is 1. The van der Waals surface area contributed by atoms with Crippen molar-refractivity contribution < 1.29 is 4.79 Å². The summed E-state index contributed by atoms with van der Waals surface area (Å²) >= 11 is 1.62. The number of carbonyl (C=O) groups excluding carboxylic acids is 1. The molecule has 2 aromatic heterocycles.